The molecule has 0 spiro atoms. The number of thiol groups is 1. The largest absolute Gasteiger partial charge is 0.502 e. The molecule has 68 valence electrons. The van der Waals surface area contributed by atoms with Crippen LogP contribution >= 0.6 is 12.6 Å². The van der Waals surface area contributed by atoms with Gasteiger partial charge >= 0.3 is 5.69 Å². The summed E-state index contributed by atoms with van der Waals surface area (Å²) in [5.41, 5.74) is -0.423. The van der Waals surface area contributed by atoms with Crippen molar-refractivity contribution < 1.29 is 14.8 Å². The van der Waals surface area contributed by atoms with Gasteiger partial charge in [-0.3, -0.25) is 14.9 Å². The van der Waals surface area contributed by atoms with Crippen LogP contribution in [0.3, 0.4) is 0 Å². The van der Waals surface area contributed by atoms with Gasteiger partial charge in [0.2, 0.25) is 0 Å². The zero-order valence-corrected chi connectivity index (χ0v) is 7.19. The third kappa shape index (κ3) is 1.78. The number of phenolic OH excluding ortho intramolecular Hbond substituents is 1. The van der Waals surface area contributed by atoms with Crippen LogP contribution in [0.4, 0.5) is 5.69 Å². The van der Waals surface area contributed by atoms with E-state index in [-0.39, 0.29) is 10.5 Å². The molecule has 1 aromatic rings. The van der Waals surface area contributed by atoms with Gasteiger partial charge in [-0.1, -0.05) is 0 Å². The number of carbonyl (C=O) groups excluding carboxylic acids is 1. The molecule has 0 aliphatic heterocycles. The molecule has 0 aliphatic rings. The number of nitrogens with zero attached hydrogens (tertiary/aromatic N) is 1. The highest BCUT2D eigenvalue weighted by Gasteiger charge is 2.15. The van der Waals surface area contributed by atoms with Crippen molar-refractivity contribution in [2.45, 2.75) is 4.90 Å². The average molecular weight is 199 g/mol. The molecule has 0 amide bonds. The van der Waals surface area contributed by atoms with Crippen molar-refractivity contribution in [2.24, 2.45) is 0 Å². The van der Waals surface area contributed by atoms with Crippen LogP contribution in [0.1, 0.15) is 10.4 Å². The fourth-order valence-electron chi connectivity index (χ4n) is 0.823. The number of aldehydes is 1. The van der Waals surface area contributed by atoms with Crippen LogP contribution in [-0.2, 0) is 0 Å². The molecule has 0 heterocycles. The average Bonchev–Trinajstić information content (AvgIpc) is 2.03. The number of phenols is 1. The zero-order valence-electron chi connectivity index (χ0n) is 6.30. The third-order valence-electron chi connectivity index (χ3n) is 1.45. The fourth-order valence-corrected chi connectivity index (χ4v) is 1.06. The van der Waals surface area contributed by atoms with E-state index in [1.54, 1.807) is 0 Å². The monoisotopic (exact) mass is 199 g/mol. The van der Waals surface area contributed by atoms with Crippen molar-refractivity contribution in [3.05, 3.63) is 27.8 Å². The van der Waals surface area contributed by atoms with Crippen molar-refractivity contribution in [3.8, 4) is 5.75 Å². The maximum atomic E-state index is 10.4. The summed E-state index contributed by atoms with van der Waals surface area (Å²) in [7, 11) is 0. The van der Waals surface area contributed by atoms with Gasteiger partial charge in [-0.05, 0) is 0 Å². The summed E-state index contributed by atoms with van der Waals surface area (Å²) < 4.78 is 0. The van der Waals surface area contributed by atoms with Gasteiger partial charge in [0.05, 0.1) is 4.92 Å². The number of nitro groups is 1. The van der Waals surface area contributed by atoms with E-state index in [1.807, 2.05) is 0 Å². The van der Waals surface area contributed by atoms with Crippen LogP contribution in [0.15, 0.2) is 17.0 Å². The number of hydrogen-bond acceptors (Lipinski definition) is 5. The zero-order chi connectivity index (χ0) is 10.0. The molecule has 0 aromatic heterocycles. The first-order chi connectivity index (χ1) is 6.06. The molecule has 0 fully saturated rings. The Balaban J connectivity index is 3.38. The fraction of sp³-hybridized carbons (Fsp3) is 0. The van der Waals surface area contributed by atoms with Crippen LogP contribution in [0, 0.1) is 10.1 Å². The normalized spacial score (nSPS) is 9.62. The first kappa shape index (κ1) is 9.53. The van der Waals surface area contributed by atoms with E-state index in [0.29, 0.717) is 6.29 Å². The lowest BCUT2D eigenvalue weighted by Gasteiger charge is -1.99. The predicted octanol–water partition coefficient (Wildman–Crippen LogP) is 1.40. The standard InChI is InChI=1S/C7H5NO4S/c9-3-4-1-5(8(11)12)6(10)2-7(4)13/h1-3,10,13H. The molecule has 1 N–H and O–H groups in total. The van der Waals surface area contributed by atoms with Crippen molar-refractivity contribution in [1.82, 2.24) is 0 Å². The Labute approximate surface area is 78.6 Å². The molecular formula is C7H5NO4S. The number of aromatic hydroxyl groups is 1. The minimum Gasteiger partial charge on any atom is -0.502 e. The van der Waals surface area contributed by atoms with E-state index in [0.717, 1.165) is 12.1 Å². The van der Waals surface area contributed by atoms with Gasteiger partial charge in [0, 0.05) is 22.6 Å². The quantitative estimate of drug-likeness (QED) is 0.326. The second-order valence-electron chi connectivity index (χ2n) is 2.27. The van der Waals surface area contributed by atoms with Crippen molar-refractivity contribution >= 4 is 24.6 Å². The number of benzene rings is 1. The summed E-state index contributed by atoms with van der Waals surface area (Å²) in [5.74, 6) is -0.499. The summed E-state index contributed by atoms with van der Waals surface area (Å²) in [6.45, 7) is 0. The van der Waals surface area contributed by atoms with E-state index in [1.165, 1.54) is 0 Å². The molecule has 0 saturated carbocycles. The summed E-state index contributed by atoms with van der Waals surface area (Å²) in [5, 5.41) is 19.4. The van der Waals surface area contributed by atoms with Crippen LogP contribution in [-0.4, -0.2) is 16.3 Å². The lowest BCUT2D eigenvalue weighted by Crippen LogP contribution is -1.92. The topological polar surface area (TPSA) is 80.4 Å². The van der Waals surface area contributed by atoms with Gasteiger partial charge in [-0.25, -0.2) is 0 Å². The molecule has 0 bridgehead atoms. The van der Waals surface area contributed by atoms with Gasteiger partial charge < -0.3 is 5.11 Å². The maximum absolute atomic E-state index is 10.4. The smallest absolute Gasteiger partial charge is 0.311 e. The Morgan fingerprint density at radius 3 is 2.62 bits per heavy atom. The minimum absolute atomic E-state index is 0.0767. The molecule has 0 saturated heterocycles. The summed E-state index contributed by atoms with van der Waals surface area (Å²) >= 11 is 3.85. The summed E-state index contributed by atoms with van der Waals surface area (Å²) in [6, 6.07) is 2.04. The Morgan fingerprint density at radius 2 is 2.15 bits per heavy atom. The minimum atomic E-state index is -0.768. The second kappa shape index (κ2) is 3.44. The van der Waals surface area contributed by atoms with Gasteiger partial charge in [-0.2, -0.15) is 0 Å². The molecule has 13 heavy (non-hydrogen) atoms. The Hall–Kier alpha value is -1.56. The van der Waals surface area contributed by atoms with E-state index >= 15 is 0 Å². The van der Waals surface area contributed by atoms with E-state index in [2.05, 4.69) is 12.6 Å². The molecule has 0 radical (unpaired) electrons. The van der Waals surface area contributed by atoms with E-state index < -0.39 is 16.4 Å². The lowest BCUT2D eigenvalue weighted by molar-refractivity contribution is -0.385. The highest BCUT2D eigenvalue weighted by atomic mass is 32.1. The molecule has 1 aromatic carbocycles. The van der Waals surface area contributed by atoms with Crippen LogP contribution in [0.5, 0.6) is 5.75 Å². The third-order valence-corrected chi connectivity index (χ3v) is 1.83. The highest BCUT2D eigenvalue weighted by Crippen LogP contribution is 2.30. The number of nitro benzene ring substituents is 1. The molecule has 5 nitrogen and oxygen atoms in total. The van der Waals surface area contributed by atoms with Gasteiger partial charge in [0.15, 0.2) is 12.0 Å². The molecule has 6 heteroatoms. The van der Waals surface area contributed by atoms with Gasteiger partial charge in [-0.15, -0.1) is 12.6 Å². The Kier molecular flexibility index (Phi) is 2.52. The van der Waals surface area contributed by atoms with Gasteiger partial charge in [0.25, 0.3) is 0 Å². The molecule has 0 aliphatic carbocycles. The van der Waals surface area contributed by atoms with E-state index in [4.69, 9.17) is 5.11 Å². The first-order valence-electron chi connectivity index (χ1n) is 3.22. The first-order valence-corrected chi connectivity index (χ1v) is 3.66. The molecule has 0 unspecified atom stereocenters. The second-order valence-corrected chi connectivity index (χ2v) is 2.76. The maximum Gasteiger partial charge on any atom is 0.311 e. The SMILES string of the molecule is O=Cc1cc([N+](=O)[O-])c(O)cc1S. The number of hydrogen-bond donors (Lipinski definition) is 2. The summed E-state index contributed by atoms with van der Waals surface area (Å²) in [6.07, 6.45) is 0.439. The molecule has 1 rings (SSSR count). The lowest BCUT2D eigenvalue weighted by atomic mass is 10.2. The molecule has 0 atom stereocenters. The van der Waals surface area contributed by atoms with Crippen LogP contribution < -0.4 is 0 Å². The van der Waals surface area contributed by atoms with E-state index in [9.17, 15) is 14.9 Å². The van der Waals surface area contributed by atoms with Crippen molar-refractivity contribution in [1.29, 1.82) is 0 Å². The van der Waals surface area contributed by atoms with Gasteiger partial charge in [0.1, 0.15) is 0 Å². The van der Waals surface area contributed by atoms with Crippen molar-refractivity contribution in [3.63, 3.8) is 0 Å². The number of carbonyl (C=O) groups is 1. The van der Waals surface area contributed by atoms with Crippen molar-refractivity contribution in [2.75, 3.05) is 0 Å². The van der Waals surface area contributed by atoms with Crippen LogP contribution in [0.2, 0.25) is 0 Å². The predicted molar refractivity (Wildman–Crippen MR) is 47.4 cm³/mol. The highest BCUT2D eigenvalue weighted by molar-refractivity contribution is 7.80. The Bertz CT molecular complexity index is 377. The molecular weight excluding hydrogens is 194 g/mol. The number of rotatable bonds is 2. The summed E-state index contributed by atoms with van der Waals surface area (Å²) in [4.78, 5) is 20.1. The van der Waals surface area contributed by atoms with Crippen LogP contribution in [0.25, 0.3) is 0 Å². The Morgan fingerprint density at radius 1 is 1.54 bits per heavy atom.